The van der Waals surface area contributed by atoms with Gasteiger partial charge in [0.25, 0.3) is 10.0 Å². The lowest BCUT2D eigenvalue weighted by atomic mass is 10.1. The molecule has 38 heavy (non-hydrogen) atoms. The van der Waals surface area contributed by atoms with Gasteiger partial charge in [-0.2, -0.15) is 0 Å². The van der Waals surface area contributed by atoms with Crippen LogP contribution in [-0.2, 0) is 26.0 Å². The third-order valence-electron chi connectivity index (χ3n) is 6.04. The number of hydrogen-bond donors (Lipinski definition) is 1. The van der Waals surface area contributed by atoms with E-state index in [1.165, 1.54) is 23.1 Å². The highest BCUT2D eigenvalue weighted by Crippen LogP contribution is 2.26. The molecule has 0 radical (unpaired) electrons. The molecule has 0 aliphatic carbocycles. The molecular formula is C29H34ClN3O4S. The maximum Gasteiger partial charge on any atom is 0.264 e. The second-order valence-corrected chi connectivity index (χ2v) is 11.7. The van der Waals surface area contributed by atoms with E-state index in [4.69, 9.17) is 11.6 Å². The zero-order valence-electron chi connectivity index (χ0n) is 21.9. The van der Waals surface area contributed by atoms with Gasteiger partial charge in [0.1, 0.15) is 12.6 Å². The van der Waals surface area contributed by atoms with Gasteiger partial charge in [0.05, 0.1) is 10.6 Å². The molecule has 0 aliphatic rings. The van der Waals surface area contributed by atoms with Gasteiger partial charge in [0.15, 0.2) is 0 Å². The molecule has 3 aromatic carbocycles. The van der Waals surface area contributed by atoms with E-state index in [1.54, 1.807) is 43.3 Å². The van der Waals surface area contributed by atoms with E-state index in [0.717, 1.165) is 9.87 Å². The van der Waals surface area contributed by atoms with Crippen molar-refractivity contribution in [2.75, 3.05) is 23.9 Å². The van der Waals surface area contributed by atoms with Crippen molar-refractivity contribution in [2.24, 2.45) is 5.92 Å². The normalized spacial score (nSPS) is 12.1. The summed E-state index contributed by atoms with van der Waals surface area (Å²) in [7, 11) is -4.11. The highest BCUT2D eigenvalue weighted by atomic mass is 35.5. The van der Waals surface area contributed by atoms with Crippen molar-refractivity contribution in [3.05, 3.63) is 95.5 Å². The fraction of sp³-hybridized carbons (Fsp3) is 0.310. The first-order valence-corrected chi connectivity index (χ1v) is 14.4. The van der Waals surface area contributed by atoms with Crippen LogP contribution in [0.2, 0.25) is 5.02 Å². The molecule has 2 amide bonds. The number of benzene rings is 3. The highest BCUT2D eigenvalue weighted by Gasteiger charge is 2.32. The molecule has 1 atom stereocenters. The molecule has 1 unspecified atom stereocenters. The third-order valence-corrected chi connectivity index (χ3v) is 8.07. The van der Waals surface area contributed by atoms with E-state index < -0.39 is 28.5 Å². The molecular weight excluding hydrogens is 522 g/mol. The number of carbonyl (C=O) groups is 2. The van der Waals surface area contributed by atoms with Crippen LogP contribution in [0.1, 0.15) is 26.3 Å². The summed E-state index contributed by atoms with van der Waals surface area (Å²) in [5.74, 6) is -0.540. The van der Waals surface area contributed by atoms with Crippen LogP contribution >= 0.6 is 11.6 Å². The molecule has 0 heterocycles. The fourth-order valence-corrected chi connectivity index (χ4v) is 5.51. The minimum Gasteiger partial charge on any atom is -0.354 e. The van der Waals surface area contributed by atoms with Gasteiger partial charge in [-0.15, -0.1) is 0 Å². The van der Waals surface area contributed by atoms with Crippen molar-refractivity contribution in [1.29, 1.82) is 0 Å². The predicted molar refractivity (Wildman–Crippen MR) is 152 cm³/mol. The molecule has 0 saturated heterocycles. The first-order chi connectivity index (χ1) is 18.1. The topological polar surface area (TPSA) is 86.8 Å². The molecule has 0 aromatic heterocycles. The number of amides is 2. The number of rotatable bonds is 12. The van der Waals surface area contributed by atoms with Crippen LogP contribution in [-0.4, -0.2) is 50.8 Å². The molecule has 3 rings (SSSR count). The van der Waals surface area contributed by atoms with E-state index in [1.807, 2.05) is 44.2 Å². The summed E-state index contributed by atoms with van der Waals surface area (Å²) in [5, 5.41) is 3.22. The van der Waals surface area contributed by atoms with Crippen LogP contribution in [0.5, 0.6) is 0 Å². The Kier molecular flexibility index (Phi) is 10.3. The molecule has 0 fully saturated rings. The minimum absolute atomic E-state index is 0.0475. The minimum atomic E-state index is -4.11. The van der Waals surface area contributed by atoms with Crippen molar-refractivity contribution in [2.45, 2.75) is 38.1 Å². The van der Waals surface area contributed by atoms with E-state index in [0.29, 0.717) is 18.0 Å². The van der Waals surface area contributed by atoms with Gasteiger partial charge >= 0.3 is 0 Å². The molecule has 0 saturated carbocycles. The number of sulfonamides is 1. The summed E-state index contributed by atoms with van der Waals surface area (Å²) in [5.41, 5.74) is 1.26. The Bertz CT molecular complexity index is 1320. The van der Waals surface area contributed by atoms with Crippen LogP contribution in [0.3, 0.4) is 0 Å². The second-order valence-electron chi connectivity index (χ2n) is 9.44. The van der Waals surface area contributed by atoms with Gasteiger partial charge in [-0.05, 0) is 55.2 Å². The Morgan fingerprint density at radius 3 is 2.13 bits per heavy atom. The highest BCUT2D eigenvalue weighted by molar-refractivity contribution is 7.92. The molecule has 0 spiro atoms. The summed E-state index contributed by atoms with van der Waals surface area (Å²) < 4.78 is 28.4. The van der Waals surface area contributed by atoms with Crippen LogP contribution in [0.25, 0.3) is 0 Å². The fourth-order valence-electron chi connectivity index (χ4n) is 3.90. The first kappa shape index (κ1) is 29.2. The molecule has 0 bridgehead atoms. The number of hydrogen-bond acceptors (Lipinski definition) is 4. The molecule has 0 aliphatic heterocycles. The van der Waals surface area contributed by atoms with Gasteiger partial charge in [-0.25, -0.2) is 8.42 Å². The first-order valence-electron chi connectivity index (χ1n) is 12.5. The van der Waals surface area contributed by atoms with Crippen LogP contribution in [0.15, 0.2) is 89.8 Å². The Morgan fingerprint density at radius 2 is 1.53 bits per heavy atom. The molecule has 1 N–H and O–H groups in total. The van der Waals surface area contributed by atoms with Crippen LogP contribution < -0.4 is 9.62 Å². The van der Waals surface area contributed by atoms with E-state index in [9.17, 15) is 18.0 Å². The number of carbonyl (C=O) groups excluding carboxylic acids is 2. The zero-order chi connectivity index (χ0) is 27.7. The van der Waals surface area contributed by atoms with Crippen LogP contribution in [0.4, 0.5) is 5.69 Å². The Morgan fingerprint density at radius 1 is 0.895 bits per heavy atom. The Balaban J connectivity index is 1.94. The van der Waals surface area contributed by atoms with Crippen molar-refractivity contribution >= 4 is 39.1 Å². The predicted octanol–water partition coefficient (Wildman–Crippen LogP) is 4.77. The van der Waals surface area contributed by atoms with Gasteiger partial charge < -0.3 is 10.2 Å². The summed E-state index contributed by atoms with van der Waals surface area (Å²) in [4.78, 5) is 28.3. The second kappa shape index (κ2) is 13.4. The zero-order valence-corrected chi connectivity index (χ0v) is 23.5. The van der Waals surface area contributed by atoms with Crippen molar-refractivity contribution in [3.8, 4) is 0 Å². The maximum absolute atomic E-state index is 13.8. The van der Waals surface area contributed by atoms with E-state index in [-0.39, 0.29) is 29.0 Å². The summed E-state index contributed by atoms with van der Waals surface area (Å²) >= 11 is 6.18. The average Bonchev–Trinajstić information content (AvgIpc) is 2.91. The largest absolute Gasteiger partial charge is 0.354 e. The van der Waals surface area contributed by atoms with Gasteiger partial charge in [-0.1, -0.05) is 80.0 Å². The average molecular weight is 556 g/mol. The van der Waals surface area contributed by atoms with E-state index >= 15 is 0 Å². The summed E-state index contributed by atoms with van der Waals surface area (Å²) in [6.07, 6.45) is 0.511. The van der Waals surface area contributed by atoms with Crippen LogP contribution in [0, 0.1) is 5.92 Å². The molecule has 3 aromatic rings. The lowest BCUT2D eigenvalue weighted by Gasteiger charge is -2.32. The summed E-state index contributed by atoms with van der Waals surface area (Å²) in [6, 6.07) is 23.1. The lowest BCUT2D eigenvalue weighted by molar-refractivity contribution is -0.138. The van der Waals surface area contributed by atoms with Crippen molar-refractivity contribution < 1.29 is 18.0 Å². The Labute approximate surface area is 230 Å². The number of nitrogens with zero attached hydrogens (tertiary/aromatic N) is 2. The SMILES string of the molecule is CC(C)CNC(=O)C(C)N(CCc1ccccc1)C(=O)CN(c1cccc(Cl)c1)S(=O)(=O)c1ccccc1. The standard InChI is InChI=1S/C29H34ClN3O4S/c1-22(2)20-31-29(35)23(3)32(18-17-24-11-6-4-7-12-24)28(34)21-33(26-14-10-13-25(30)19-26)38(36,37)27-15-8-5-9-16-27/h4-16,19,22-23H,17-18,20-21H2,1-3H3,(H,31,35). The van der Waals surface area contributed by atoms with Gasteiger partial charge in [0.2, 0.25) is 11.8 Å². The Hall–Kier alpha value is -3.36. The molecule has 7 nitrogen and oxygen atoms in total. The number of nitrogens with one attached hydrogen (secondary N) is 1. The monoisotopic (exact) mass is 555 g/mol. The van der Waals surface area contributed by atoms with Gasteiger partial charge in [0, 0.05) is 18.1 Å². The number of halogens is 1. The van der Waals surface area contributed by atoms with Gasteiger partial charge in [-0.3, -0.25) is 13.9 Å². The maximum atomic E-state index is 13.8. The molecule has 202 valence electrons. The molecule has 9 heteroatoms. The lowest BCUT2D eigenvalue weighted by Crippen LogP contribution is -2.52. The summed E-state index contributed by atoms with van der Waals surface area (Å²) in [6.45, 7) is 5.86. The number of anilines is 1. The van der Waals surface area contributed by atoms with Crippen molar-refractivity contribution in [1.82, 2.24) is 10.2 Å². The van der Waals surface area contributed by atoms with Crippen molar-refractivity contribution in [3.63, 3.8) is 0 Å². The van der Waals surface area contributed by atoms with E-state index in [2.05, 4.69) is 5.32 Å². The smallest absolute Gasteiger partial charge is 0.264 e. The third kappa shape index (κ3) is 7.82. The quantitative estimate of drug-likeness (QED) is 0.349.